The monoisotopic (exact) mass is 238 g/mol. The molecule has 3 heteroatoms. The molecule has 1 amide bonds. The summed E-state index contributed by atoms with van der Waals surface area (Å²) in [4.78, 5) is 14.8. The number of nitrogens with zero attached hydrogens (tertiary/aromatic N) is 1. The Labute approximate surface area is 105 Å². The zero-order valence-electron chi connectivity index (χ0n) is 11.3. The van der Waals surface area contributed by atoms with E-state index in [2.05, 4.69) is 24.1 Å². The Hall–Kier alpha value is -0.570. The molecule has 0 aromatic heterocycles. The smallest absolute Gasteiger partial charge is 0.230 e. The average molecular weight is 238 g/mol. The van der Waals surface area contributed by atoms with Gasteiger partial charge in [-0.2, -0.15) is 0 Å². The van der Waals surface area contributed by atoms with E-state index in [-0.39, 0.29) is 5.41 Å². The number of likely N-dealkylation sites (tertiary alicyclic amines) is 1. The summed E-state index contributed by atoms with van der Waals surface area (Å²) in [7, 11) is 0. The Morgan fingerprint density at radius 1 is 1.35 bits per heavy atom. The van der Waals surface area contributed by atoms with E-state index in [0.29, 0.717) is 5.91 Å². The fourth-order valence-corrected chi connectivity index (χ4v) is 3.26. The van der Waals surface area contributed by atoms with Crippen molar-refractivity contribution in [2.24, 2.45) is 11.3 Å². The number of hydrogen-bond acceptors (Lipinski definition) is 2. The van der Waals surface area contributed by atoms with Crippen molar-refractivity contribution in [3.05, 3.63) is 0 Å². The summed E-state index contributed by atoms with van der Waals surface area (Å²) in [6.45, 7) is 8.28. The molecule has 0 radical (unpaired) electrons. The van der Waals surface area contributed by atoms with Crippen molar-refractivity contribution in [1.29, 1.82) is 0 Å². The normalized spacial score (nSPS) is 30.8. The molecule has 3 nitrogen and oxygen atoms in total. The molecule has 2 aliphatic heterocycles. The Morgan fingerprint density at radius 2 is 2.06 bits per heavy atom. The van der Waals surface area contributed by atoms with E-state index in [9.17, 15) is 4.79 Å². The van der Waals surface area contributed by atoms with Crippen LogP contribution in [0.2, 0.25) is 0 Å². The minimum absolute atomic E-state index is 0.0843. The summed E-state index contributed by atoms with van der Waals surface area (Å²) in [6, 6.07) is 0. The maximum absolute atomic E-state index is 12.6. The average Bonchev–Trinajstić information content (AvgIpc) is 2.88. The van der Waals surface area contributed by atoms with E-state index in [0.717, 1.165) is 44.9 Å². The first-order valence-corrected chi connectivity index (χ1v) is 7.22. The summed E-state index contributed by atoms with van der Waals surface area (Å²) >= 11 is 0. The van der Waals surface area contributed by atoms with Crippen LogP contribution in [0.3, 0.4) is 0 Å². The van der Waals surface area contributed by atoms with Crippen molar-refractivity contribution >= 4 is 5.91 Å². The summed E-state index contributed by atoms with van der Waals surface area (Å²) < 4.78 is 0. The topological polar surface area (TPSA) is 32.3 Å². The van der Waals surface area contributed by atoms with Crippen LogP contribution in [0.25, 0.3) is 0 Å². The first kappa shape index (κ1) is 12.9. The molecule has 2 fully saturated rings. The molecule has 0 bridgehead atoms. The minimum Gasteiger partial charge on any atom is -0.342 e. The van der Waals surface area contributed by atoms with Crippen molar-refractivity contribution < 1.29 is 4.79 Å². The third-order valence-corrected chi connectivity index (χ3v) is 4.85. The Morgan fingerprint density at radius 3 is 2.53 bits per heavy atom. The van der Waals surface area contributed by atoms with Gasteiger partial charge in [0, 0.05) is 19.6 Å². The Kier molecular flexibility index (Phi) is 4.08. The van der Waals surface area contributed by atoms with Crippen LogP contribution in [0, 0.1) is 11.3 Å². The van der Waals surface area contributed by atoms with Crippen molar-refractivity contribution in [1.82, 2.24) is 10.2 Å². The molecule has 1 atom stereocenters. The largest absolute Gasteiger partial charge is 0.342 e. The zero-order chi connectivity index (χ0) is 12.3. The molecule has 2 saturated heterocycles. The number of carbonyl (C=O) groups is 1. The SMILES string of the molecule is CCC1CCN(C(=O)C2(CC)CCNC2)CC1. The van der Waals surface area contributed by atoms with Gasteiger partial charge in [-0.05, 0) is 38.1 Å². The van der Waals surface area contributed by atoms with E-state index in [4.69, 9.17) is 0 Å². The van der Waals surface area contributed by atoms with Crippen LogP contribution in [0.5, 0.6) is 0 Å². The van der Waals surface area contributed by atoms with E-state index in [1.807, 2.05) is 0 Å². The van der Waals surface area contributed by atoms with Crippen LogP contribution in [0.1, 0.15) is 46.0 Å². The summed E-state index contributed by atoms with van der Waals surface area (Å²) in [5, 5.41) is 3.36. The van der Waals surface area contributed by atoms with E-state index < -0.39 is 0 Å². The molecule has 17 heavy (non-hydrogen) atoms. The highest BCUT2D eigenvalue weighted by atomic mass is 16.2. The summed E-state index contributed by atoms with van der Waals surface area (Å²) in [6.07, 6.45) is 5.68. The number of rotatable bonds is 3. The third kappa shape index (κ3) is 2.49. The second-order valence-electron chi connectivity index (χ2n) is 5.70. The lowest BCUT2D eigenvalue weighted by Gasteiger charge is -2.37. The molecule has 2 rings (SSSR count). The lowest BCUT2D eigenvalue weighted by atomic mass is 9.81. The van der Waals surface area contributed by atoms with Gasteiger partial charge in [-0.25, -0.2) is 0 Å². The third-order valence-electron chi connectivity index (χ3n) is 4.85. The lowest BCUT2D eigenvalue weighted by Crippen LogP contribution is -2.48. The molecule has 1 N–H and O–H groups in total. The highest BCUT2D eigenvalue weighted by Gasteiger charge is 2.42. The van der Waals surface area contributed by atoms with Crippen LogP contribution in [-0.4, -0.2) is 37.0 Å². The number of hydrogen-bond donors (Lipinski definition) is 1. The summed E-state index contributed by atoms with van der Waals surface area (Å²) in [5.74, 6) is 1.26. The molecule has 0 saturated carbocycles. The minimum atomic E-state index is -0.0843. The maximum atomic E-state index is 12.6. The number of amides is 1. The van der Waals surface area contributed by atoms with Crippen molar-refractivity contribution in [3.8, 4) is 0 Å². The molecule has 98 valence electrons. The van der Waals surface area contributed by atoms with Crippen LogP contribution in [-0.2, 0) is 4.79 Å². The van der Waals surface area contributed by atoms with Crippen molar-refractivity contribution in [2.45, 2.75) is 46.0 Å². The molecule has 2 heterocycles. The molecule has 2 aliphatic rings. The zero-order valence-corrected chi connectivity index (χ0v) is 11.3. The van der Waals surface area contributed by atoms with Gasteiger partial charge in [-0.1, -0.05) is 20.3 Å². The molecule has 0 spiro atoms. The predicted molar refractivity (Wildman–Crippen MR) is 69.8 cm³/mol. The molecular formula is C14H26N2O. The molecular weight excluding hydrogens is 212 g/mol. The molecule has 1 unspecified atom stereocenters. The maximum Gasteiger partial charge on any atom is 0.230 e. The quantitative estimate of drug-likeness (QED) is 0.816. The molecule has 0 aromatic carbocycles. The van der Waals surface area contributed by atoms with Gasteiger partial charge in [0.1, 0.15) is 0 Å². The summed E-state index contributed by atoms with van der Waals surface area (Å²) in [5.41, 5.74) is -0.0843. The van der Waals surface area contributed by atoms with E-state index in [1.54, 1.807) is 0 Å². The number of nitrogens with one attached hydrogen (secondary N) is 1. The first-order chi connectivity index (χ1) is 8.22. The molecule has 0 aliphatic carbocycles. The fourth-order valence-electron chi connectivity index (χ4n) is 3.26. The van der Waals surface area contributed by atoms with Crippen LogP contribution in [0.15, 0.2) is 0 Å². The van der Waals surface area contributed by atoms with Gasteiger partial charge in [-0.3, -0.25) is 4.79 Å². The van der Waals surface area contributed by atoms with Crippen molar-refractivity contribution in [3.63, 3.8) is 0 Å². The Bertz CT molecular complexity index is 263. The van der Waals surface area contributed by atoms with Gasteiger partial charge in [0.25, 0.3) is 0 Å². The van der Waals surface area contributed by atoms with Gasteiger partial charge in [0.2, 0.25) is 5.91 Å². The van der Waals surface area contributed by atoms with Crippen molar-refractivity contribution in [2.75, 3.05) is 26.2 Å². The molecule has 0 aromatic rings. The predicted octanol–water partition coefficient (Wildman–Crippen LogP) is 2.02. The van der Waals surface area contributed by atoms with Crippen LogP contribution >= 0.6 is 0 Å². The van der Waals surface area contributed by atoms with E-state index in [1.165, 1.54) is 19.3 Å². The first-order valence-electron chi connectivity index (χ1n) is 7.22. The number of carbonyl (C=O) groups excluding carboxylic acids is 1. The van der Waals surface area contributed by atoms with Gasteiger partial charge >= 0.3 is 0 Å². The fraction of sp³-hybridized carbons (Fsp3) is 0.929. The number of piperidine rings is 1. The lowest BCUT2D eigenvalue weighted by molar-refractivity contribution is -0.142. The van der Waals surface area contributed by atoms with E-state index >= 15 is 0 Å². The second-order valence-corrected chi connectivity index (χ2v) is 5.70. The highest BCUT2D eigenvalue weighted by molar-refractivity contribution is 5.83. The van der Waals surface area contributed by atoms with Gasteiger partial charge < -0.3 is 10.2 Å². The standard InChI is InChI=1S/C14H26N2O/c1-3-12-5-9-16(10-6-12)13(17)14(4-2)7-8-15-11-14/h12,15H,3-11H2,1-2H3. The second kappa shape index (κ2) is 5.38. The van der Waals surface area contributed by atoms with Gasteiger partial charge in [0.15, 0.2) is 0 Å². The van der Waals surface area contributed by atoms with Crippen LogP contribution < -0.4 is 5.32 Å². The van der Waals surface area contributed by atoms with Gasteiger partial charge in [-0.15, -0.1) is 0 Å². The van der Waals surface area contributed by atoms with Gasteiger partial charge in [0.05, 0.1) is 5.41 Å². The van der Waals surface area contributed by atoms with Crippen LogP contribution in [0.4, 0.5) is 0 Å². The highest BCUT2D eigenvalue weighted by Crippen LogP contribution is 2.33. The Balaban J connectivity index is 1.96.